The molecule has 2 amide bonds. The van der Waals surface area contributed by atoms with Crippen LogP contribution in [0.15, 0.2) is 36.4 Å². The molecule has 0 aliphatic heterocycles. The summed E-state index contributed by atoms with van der Waals surface area (Å²) in [5.74, 6) is -1.08. The van der Waals surface area contributed by atoms with Gasteiger partial charge in [-0.05, 0) is 56.5 Å². The molecule has 29 heavy (non-hydrogen) atoms. The van der Waals surface area contributed by atoms with Crippen LogP contribution in [0.3, 0.4) is 0 Å². The van der Waals surface area contributed by atoms with Crippen LogP contribution in [0.1, 0.15) is 34.0 Å². The second-order valence-corrected chi connectivity index (χ2v) is 6.92. The number of anilines is 2. The van der Waals surface area contributed by atoms with Crippen LogP contribution in [0.4, 0.5) is 11.4 Å². The van der Waals surface area contributed by atoms with Gasteiger partial charge in [-0.2, -0.15) is 0 Å². The Kier molecular flexibility index (Phi) is 7.36. The minimum atomic E-state index is -0.602. The number of amides is 2. The first-order valence-corrected chi connectivity index (χ1v) is 9.32. The van der Waals surface area contributed by atoms with Crippen LogP contribution in [-0.4, -0.2) is 37.5 Å². The molecule has 1 atom stereocenters. The molecule has 0 fully saturated rings. The minimum absolute atomic E-state index is 0.139. The number of carbonyl (C=O) groups excluding carboxylic acids is 3. The lowest BCUT2D eigenvalue weighted by atomic mass is 10.1. The average molecular weight is 397 g/mol. The van der Waals surface area contributed by atoms with Crippen molar-refractivity contribution in [3.8, 4) is 0 Å². The van der Waals surface area contributed by atoms with Crippen molar-refractivity contribution in [1.82, 2.24) is 5.32 Å². The zero-order valence-electron chi connectivity index (χ0n) is 17.4. The summed E-state index contributed by atoms with van der Waals surface area (Å²) < 4.78 is 4.72. The Morgan fingerprint density at radius 3 is 2.28 bits per heavy atom. The second kappa shape index (κ2) is 9.73. The van der Waals surface area contributed by atoms with Crippen LogP contribution in [0.5, 0.6) is 0 Å². The van der Waals surface area contributed by atoms with Crippen molar-refractivity contribution in [3.05, 3.63) is 58.7 Å². The van der Waals surface area contributed by atoms with Gasteiger partial charge in [-0.15, -0.1) is 0 Å². The predicted octanol–water partition coefficient (Wildman–Crippen LogP) is 2.95. The van der Waals surface area contributed by atoms with E-state index in [1.165, 1.54) is 7.11 Å². The number of esters is 1. The molecule has 0 saturated carbocycles. The highest BCUT2D eigenvalue weighted by Crippen LogP contribution is 2.20. The van der Waals surface area contributed by atoms with Gasteiger partial charge in [0.1, 0.15) is 6.04 Å². The quantitative estimate of drug-likeness (QED) is 0.624. The van der Waals surface area contributed by atoms with Gasteiger partial charge in [0, 0.05) is 11.4 Å². The summed E-state index contributed by atoms with van der Waals surface area (Å²) in [5.41, 5.74) is 4.59. The van der Waals surface area contributed by atoms with Crippen molar-refractivity contribution in [2.75, 3.05) is 24.3 Å². The van der Waals surface area contributed by atoms with E-state index in [1.807, 2.05) is 39.0 Å². The van der Waals surface area contributed by atoms with E-state index in [4.69, 9.17) is 4.74 Å². The number of hydrogen-bond donors (Lipinski definition) is 3. The number of ether oxygens (including phenoxy) is 1. The normalized spacial score (nSPS) is 11.3. The third kappa shape index (κ3) is 5.81. The Hall–Kier alpha value is -3.35. The van der Waals surface area contributed by atoms with Crippen LogP contribution in [-0.2, 0) is 14.3 Å². The van der Waals surface area contributed by atoms with E-state index in [-0.39, 0.29) is 18.4 Å². The lowest BCUT2D eigenvalue weighted by molar-refractivity contribution is -0.124. The van der Waals surface area contributed by atoms with Crippen LogP contribution in [0.2, 0.25) is 0 Å². The number of carbonyl (C=O) groups is 3. The SMILES string of the molecule is COC(=O)c1ccc(C)c(N[C@H](C)C(=O)NCC(=O)Nc2c(C)cccc2C)c1. The Morgan fingerprint density at radius 2 is 1.66 bits per heavy atom. The third-order valence-corrected chi connectivity index (χ3v) is 4.59. The van der Waals surface area contributed by atoms with E-state index in [0.717, 1.165) is 22.4 Å². The Morgan fingerprint density at radius 1 is 1.00 bits per heavy atom. The number of para-hydroxylation sites is 1. The zero-order valence-corrected chi connectivity index (χ0v) is 17.4. The molecule has 0 saturated heterocycles. The van der Waals surface area contributed by atoms with E-state index in [9.17, 15) is 14.4 Å². The second-order valence-electron chi connectivity index (χ2n) is 6.92. The molecule has 7 heteroatoms. The van der Waals surface area contributed by atoms with Gasteiger partial charge in [-0.1, -0.05) is 24.3 Å². The standard InChI is InChI=1S/C22H27N3O4/c1-13-9-10-17(22(28)29-5)11-18(13)24-16(4)21(27)23-12-19(26)25-20-14(2)7-6-8-15(20)3/h6-11,16,24H,12H2,1-5H3,(H,23,27)(H,25,26)/t16-/m1/s1. The first kappa shape index (κ1) is 21.9. The van der Waals surface area contributed by atoms with Gasteiger partial charge >= 0.3 is 5.97 Å². The maximum absolute atomic E-state index is 12.4. The highest BCUT2D eigenvalue weighted by atomic mass is 16.5. The molecule has 0 bridgehead atoms. The van der Waals surface area contributed by atoms with Gasteiger partial charge in [0.15, 0.2) is 0 Å². The van der Waals surface area contributed by atoms with Gasteiger partial charge in [0.25, 0.3) is 0 Å². The summed E-state index contributed by atoms with van der Waals surface area (Å²) >= 11 is 0. The molecule has 0 aliphatic carbocycles. The number of benzene rings is 2. The van der Waals surface area contributed by atoms with Crippen LogP contribution in [0.25, 0.3) is 0 Å². The van der Waals surface area contributed by atoms with Crippen LogP contribution in [0, 0.1) is 20.8 Å². The van der Waals surface area contributed by atoms with Gasteiger partial charge in [0.2, 0.25) is 11.8 Å². The summed E-state index contributed by atoms with van der Waals surface area (Å²) in [5, 5.41) is 8.53. The highest BCUT2D eigenvalue weighted by Gasteiger charge is 2.16. The van der Waals surface area contributed by atoms with Crippen molar-refractivity contribution < 1.29 is 19.1 Å². The number of nitrogens with one attached hydrogen (secondary N) is 3. The molecule has 0 radical (unpaired) electrons. The molecule has 2 rings (SSSR count). The molecule has 0 heterocycles. The number of methoxy groups -OCH3 is 1. The molecule has 0 unspecified atom stereocenters. The van der Waals surface area contributed by atoms with Gasteiger partial charge in [0.05, 0.1) is 19.2 Å². The summed E-state index contributed by atoms with van der Waals surface area (Å²) in [6.07, 6.45) is 0. The average Bonchev–Trinajstić information content (AvgIpc) is 2.69. The monoisotopic (exact) mass is 397 g/mol. The molecular weight excluding hydrogens is 370 g/mol. The molecule has 2 aromatic carbocycles. The molecule has 154 valence electrons. The fraction of sp³-hybridized carbons (Fsp3) is 0.318. The first-order chi connectivity index (χ1) is 13.7. The van der Waals surface area contributed by atoms with E-state index >= 15 is 0 Å². The topological polar surface area (TPSA) is 96.5 Å². The van der Waals surface area contributed by atoms with Crippen molar-refractivity contribution in [2.45, 2.75) is 33.7 Å². The van der Waals surface area contributed by atoms with Crippen molar-refractivity contribution in [1.29, 1.82) is 0 Å². The third-order valence-electron chi connectivity index (χ3n) is 4.59. The number of hydrogen-bond acceptors (Lipinski definition) is 5. The maximum Gasteiger partial charge on any atom is 0.337 e. The fourth-order valence-electron chi connectivity index (χ4n) is 2.84. The fourth-order valence-corrected chi connectivity index (χ4v) is 2.84. The predicted molar refractivity (Wildman–Crippen MR) is 113 cm³/mol. The summed E-state index contributed by atoms with van der Waals surface area (Å²) in [6.45, 7) is 7.24. The Labute approximate surface area is 170 Å². The largest absolute Gasteiger partial charge is 0.465 e. The summed E-state index contributed by atoms with van der Waals surface area (Å²) in [7, 11) is 1.31. The lowest BCUT2D eigenvalue weighted by Gasteiger charge is -2.18. The smallest absolute Gasteiger partial charge is 0.337 e. The van der Waals surface area contributed by atoms with Crippen molar-refractivity contribution >= 4 is 29.2 Å². The lowest BCUT2D eigenvalue weighted by Crippen LogP contribution is -2.41. The molecule has 0 spiro atoms. The van der Waals surface area contributed by atoms with E-state index < -0.39 is 12.0 Å². The maximum atomic E-state index is 12.4. The molecule has 0 aromatic heterocycles. The number of rotatable bonds is 7. The Balaban J connectivity index is 1.94. The first-order valence-electron chi connectivity index (χ1n) is 9.32. The van der Waals surface area contributed by atoms with Gasteiger partial charge in [-0.25, -0.2) is 4.79 Å². The van der Waals surface area contributed by atoms with Crippen molar-refractivity contribution in [2.24, 2.45) is 0 Å². The van der Waals surface area contributed by atoms with Gasteiger partial charge < -0.3 is 20.7 Å². The Bertz CT molecular complexity index is 904. The van der Waals surface area contributed by atoms with E-state index in [1.54, 1.807) is 25.1 Å². The molecule has 3 N–H and O–H groups in total. The van der Waals surface area contributed by atoms with Gasteiger partial charge in [-0.3, -0.25) is 9.59 Å². The zero-order chi connectivity index (χ0) is 21.6. The summed E-state index contributed by atoms with van der Waals surface area (Å²) in [4.78, 5) is 36.3. The van der Waals surface area contributed by atoms with Crippen molar-refractivity contribution in [3.63, 3.8) is 0 Å². The molecule has 7 nitrogen and oxygen atoms in total. The van der Waals surface area contributed by atoms with Crippen LogP contribution >= 0.6 is 0 Å². The molecule has 2 aromatic rings. The summed E-state index contributed by atoms with van der Waals surface area (Å²) in [6, 6.07) is 10.2. The van der Waals surface area contributed by atoms with Crippen LogP contribution < -0.4 is 16.0 Å². The van der Waals surface area contributed by atoms with E-state index in [2.05, 4.69) is 16.0 Å². The number of aryl methyl sites for hydroxylation is 3. The molecule has 0 aliphatic rings. The minimum Gasteiger partial charge on any atom is -0.465 e. The molecular formula is C22H27N3O4. The van der Waals surface area contributed by atoms with E-state index in [0.29, 0.717) is 11.3 Å². The highest BCUT2D eigenvalue weighted by molar-refractivity contribution is 5.97.